The summed E-state index contributed by atoms with van der Waals surface area (Å²) in [7, 11) is 0. The Labute approximate surface area is 202 Å². The molecule has 1 aliphatic heterocycles. The van der Waals surface area contributed by atoms with Gasteiger partial charge in [0.2, 0.25) is 0 Å². The molecule has 0 spiro atoms. The fourth-order valence-electron chi connectivity index (χ4n) is 3.92. The van der Waals surface area contributed by atoms with E-state index in [9.17, 15) is 4.79 Å². The zero-order valence-electron chi connectivity index (χ0n) is 18.3. The van der Waals surface area contributed by atoms with Crippen molar-refractivity contribution >= 4 is 52.1 Å². The van der Waals surface area contributed by atoms with Crippen LogP contribution in [0, 0.1) is 27.7 Å². The number of hydrogen-bond acceptors (Lipinski definition) is 3. The maximum absolute atomic E-state index is 12.5. The smallest absolute Gasteiger partial charge is 0.264 e. The van der Waals surface area contributed by atoms with E-state index in [1.54, 1.807) is 6.07 Å². The molecule has 1 aromatic heterocycles. The number of nitrogens with one attached hydrogen (secondary N) is 1. The summed E-state index contributed by atoms with van der Waals surface area (Å²) in [5, 5.41) is 4.53. The van der Waals surface area contributed by atoms with Crippen LogP contribution in [0.15, 0.2) is 52.4 Å². The fourth-order valence-corrected chi connectivity index (χ4v) is 5.02. The molecule has 1 N–H and O–H groups in total. The molecule has 1 aliphatic rings. The maximum Gasteiger partial charge on any atom is 0.264 e. The second kappa shape index (κ2) is 9.18. The summed E-state index contributed by atoms with van der Waals surface area (Å²) in [5.74, 6) is -0.131. The Morgan fingerprint density at radius 2 is 1.72 bits per heavy atom. The fraction of sp³-hybridized carbons (Fsp3) is 0.200. The third-order valence-electron chi connectivity index (χ3n) is 5.26. The number of aryl methyl sites for hydroxylation is 3. The van der Waals surface area contributed by atoms with Crippen molar-refractivity contribution in [2.75, 3.05) is 0 Å². The van der Waals surface area contributed by atoms with Crippen LogP contribution in [-0.2, 0) is 11.3 Å². The first-order chi connectivity index (χ1) is 15.2. The number of amidine groups is 1. The van der Waals surface area contributed by atoms with Crippen LogP contribution < -0.4 is 5.32 Å². The van der Waals surface area contributed by atoms with Gasteiger partial charge in [0.1, 0.15) is 0 Å². The van der Waals surface area contributed by atoms with Gasteiger partial charge in [-0.2, -0.15) is 0 Å². The molecule has 0 saturated carbocycles. The van der Waals surface area contributed by atoms with Gasteiger partial charge in [-0.15, -0.1) is 0 Å². The number of carbonyl (C=O) groups excluding carboxylic acids is 1. The van der Waals surface area contributed by atoms with Crippen LogP contribution in [0.25, 0.3) is 11.8 Å². The minimum absolute atomic E-state index is 0.131. The molecule has 1 saturated heterocycles. The summed E-state index contributed by atoms with van der Waals surface area (Å²) < 4.78 is 2.10. The Morgan fingerprint density at radius 3 is 2.41 bits per heavy atom. The van der Waals surface area contributed by atoms with Crippen LogP contribution in [0.2, 0.25) is 10.0 Å². The van der Waals surface area contributed by atoms with Crippen LogP contribution in [0.3, 0.4) is 0 Å². The molecular formula is C25H23Cl2N3OS. The second-order valence-electron chi connectivity index (χ2n) is 7.94. The van der Waals surface area contributed by atoms with Gasteiger partial charge in [0, 0.05) is 17.1 Å². The van der Waals surface area contributed by atoms with Crippen LogP contribution >= 0.6 is 35.0 Å². The Hall–Kier alpha value is -2.47. The lowest BCUT2D eigenvalue weighted by Crippen LogP contribution is -2.19. The molecule has 2 heterocycles. The Balaban J connectivity index is 1.58. The molecular weight excluding hydrogens is 461 g/mol. The van der Waals surface area contributed by atoms with E-state index >= 15 is 0 Å². The first-order valence-corrected chi connectivity index (χ1v) is 11.8. The van der Waals surface area contributed by atoms with Gasteiger partial charge >= 0.3 is 0 Å². The second-order valence-corrected chi connectivity index (χ2v) is 9.79. The maximum atomic E-state index is 12.5. The average Bonchev–Trinajstić information content (AvgIpc) is 3.20. The van der Waals surface area contributed by atoms with E-state index in [4.69, 9.17) is 23.2 Å². The molecule has 0 radical (unpaired) electrons. The lowest BCUT2D eigenvalue weighted by Gasteiger charge is -2.10. The Kier molecular flexibility index (Phi) is 6.52. The molecule has 0 aliphatic carbocycles. The SMILES string of the molecule is Cc1cc(C)cc(CN=C2NC(=O)/C(=C/c3cc(C)n(-c4ccc(Cl)c(Cl)c4)c3C)S2)c1. The lowest BCUT2D eigenvalue weighted by atomic mass is 10.1. The van der Waals surface area contributed by atoms with Crippen molar-refractivity contribution in [3.8, 4) is 5.69 Å². The quantitative estimate of drug-likeness (QED) is 0.415. The van der Waals surface area contributed by atoms with Gasteiger partial charge in [-0.05, 0) is 80.9 Å². The van der Waals surface area contributed by atoms with Gasteiger partial charge in [0.15, 0.2) is 5.17 Å². The van der Waals surface area contributed by atoms with Crippen molar-refractivity contribution in [3.05, 3.63) is 91.1 Å². The van der Waals surface area contributed by atoms with Crippen LogP contribution in [0.1, 0.15) is 33.6 Å². The summed E-state index contributed by atoms with van der Waals surface area (Å²) in [5.41, 5.74) is 7.51. The van der Waals surface area contributed by atoms with Crippen molar-refractivity contribution in [2.24, 2.45) is 4.99 Å². The molecule has 164 valence electrons. The number of thioether (sulfide) groups is 1. The molecule has 3 aromatic rings. The van der Waals surface area contributed by atoms with E-state index in [-0.39, 0.29) is 5.91 Å². The van der Waals surface area contributed by atoms with Gasteiger partial charge in [0.25, 0.3) is 5.91 Å². The predicted molar refractivity (Wildman–Crippen MR) is 136 cm³/mol. The van der Waals surface area contributed by atoms with Crippen molar-refractivity contribution in [1.82, 2.24) is 9.88 Å². The number of rotatable bonds is 4. The first-order valence-electron chi connectivity index (χ1n) is 10.2. The highest BCUT2D eigenvalue weighted by Gasteiger charge is 2.24. The van der Waals surface area contributed by atoms with E-state index < -0.39 is 0 Å². The van der Waals surface area contributed by atoms with Crippen LogP contribution in [0.5, 0.6) is 0 Å². The number of nitrogens with zero attached hydrogens (tertiary/aromatic N) is 2. The van der Waals surface area contributed by atoms with Gasteiger partial charge in [-0.1, -0.05) is 52.5 Å². The third-order valence-corrected chi connectivity index (χ3v) is 6.94. The first kappa shape index (κ1) is 22.7. The summed E-state index contributed by atoms with van der Waals surface area (Å²) in [6.45, 7) is 8.73. The molecule has 0 bridgehead atoms. The highest BCUT2D eigenvalue weighted by atomic mass is 35.5. The van der Waals surface area contributed by atoms with E-state index in [1.807, 2.05) is 32.1 Å². The molecule has 1 fully saturated rings. The van der Waals surface area contributed by atoms with Crippen LogP contribution in [-0.4, -0.2) is 15.6 Å². The number of amides is 1. The number of aliphatic imine (C=N–C) groups is 1. The third kappa shape index (κ3) is 4.80. The van der Waals surface area contributed by atoms with Crippen molar-refractivity contribution in [2.45, 2.75) is 34.2 Å². The van der Waals surface area contributed by atoms with Gasteiger partial charge < -0.3 is 9.88 Å². The summed E-state index contributed by atoms with van der Waals surface area (Å²) in [4.78, 5) is 17.8. The summed E-state index contributed by atoms with van der Waals surface area (Å²) in [6, 6.07) is 14.0. The van der Waals surface area contributed by atoms with E-state index in [2.05, 4.69) is 53.0 Å². The molecule has 1 amide bonds. The molecule has 4 rings (SSSR count). The molecule has 0 unspecified atom stereocenters. The van der Waals surface area contributed by atoms with Crippen LogP contribution in [0.4, 0.5) is 0 Å². The predicted octanol–water partition coefficient (Wildman–Crippen LogP) is 6.78. The molecule has 4 nitrogen and oxygen atoms in total. The molecule has 2 aromatic carbocycles. The number of hydrogen-bond donors (Lipinski definition) is 1. The Morgan fingerprint density at radius 1 is 1.00 bits per heavy atom. The van der Waals surface area contributed by atoms with E-state index in [0.29, 0.717) is 26.7 Å². The van der Waals surface area contributed by atoms with Crippen molar-refractivity contribution in [1.29, 1.82) is 0 Å². The van der Waals surface area contributed by atoms with Crippen molar-refractivity contribution < 1.29 is 4.79 Å². The zero-order chi connectivity index (χ0) is 23.0. The number of aromatic nitrogens is 1. The number of benzene rings is 2. The largest absolute Gasteiger partial charge is 0.318 e. The monoisotopic (exact) mass is 483 g/mol. The Bertz CT molecular complexity index is 1270. The topological polar surface area (TPSA) is 46.4 Å². The highest BCUT2D eigenvalue weighted by Crippen LogP contribution is 2.31. The van der Waals surface area contributed by atoms with E-state index in [1.165, 1.54) is 22.9 Å². The molecule has 32 heavy (non-hydrogen) atoms. The molecule has 7 heteroatoms. The minimum Gasteiger partial charge on any atom is -0.318 e. The zero-order valence-corrected chi connectivity index (χ0v) is 20.6. The summed E-state index contributed by atoms with van der Waals surface area (Å²) in [6.07, 6.45) is 1.91. The molecule has 0 atom stereocenters. The normalized spacial score (nSPS) is 16.2. The number of halogens is 2. The lowest BCUT2D eigenvalue weighted by molar-refractivity contribution is -0.115. The number of carbonyl (C=O) groups is 1. The van der Waals surface area contributed by atoms with Gasteiger partial charge in [-0.3, -0.25) is 9.79 Å². The highest BCUT2D eigenvalue weighted by molar-refractivity contribution is 8.18. The van der Waals surface area contributed by atoms with Gasteiger partial charge in [-0.25, -0.2) is 0 Å². The standard InChI is InChI=1S/C25H23Cl2N3OS/c1-14-7-15(2)9-18(8-14)13-28-25-29-24(31)23(32-25)11-19-10-16(3)30(17(19)4)20-5-6-21(26)22(27)12-20/h5-12H,13H2,1-4H3,(H,28,29,31)/b23-11-. The van der Waals surface area contributed by atoms with Crippen molar-refractivity contribution in [3.63, 3.8) is 0 Å². The van der Waals surface area contributed by atoms with E-state index in [0.717, 1.165) is 28.2 Å². The average molecular weight is 484 g/mol. The minimum atomic E-state index is -0.131. The summed E-state index contributed by atoms with van der Waals surface area (Å²) >= 11 is 13.6. The van der Waals surface area contributed by atoms with Gasteiger partial charge in [0.05, 0.1) is 21.5 Å².